The first kappa shape index (κ1) is 16.7. The molecule has 130 valence electrons. The minimum atomic E-state index is -0.556. The van der Waals surface area contributed by atoms with E-state index in [0.717, 1.165) is 19.4 Å². The zero-order valence-corrected chi connectivity index (χ0v) is 13.7. The number of urea groups is 1. The largest absolute Gasteiger partial charge is 0.376 e. The molecule has 6 nitrogen and oxygen atoms in total. The fraction of sp³-hybridized carbons (Fsp3) is 0.529. The third-order valence-electron chi connectivity index (χ3n) is 4.48. The lowest BCUT2D eigenvalue weighted by Gasteiger charge is -2.18. The molecule has 0 radical (unpaired) electrons. The average molecular weight is 335 g/mol. The Morgan fingerprint density at radius 3 is 2.96 bits per heavy atom. The molecular formula is C17H22FN3O3. The molecule has 0 saturated carbocycles. The Bertz CT molecular complexity index is 632. The highest BCUT2D eigenvalue weighted by Gasteiger charge is 2.33. The van der Waals surface area contributed by atoms with Crippen LogP contribution in [0.2, 0.25) is 0 Å². The Hall–Kier alpha value is -2.15. The number of anilines is 1. The molecule has 2 fully saturated rings. The standard InChI is InChI=1S/C17H22FN3O3/c1-11-9-12(4-5-14(11)18)21-7-6-15(16(21)22)20-17(23)19-10-13-3-2-8-24-13/h4-5,9,13,15H,2-3,6-8,10H2,1H3,(H2,19,20,23)/t13-,15+/m0/s1. The van der Waals surface area contributed by atoms with Crippen LogP contribution in [0.3, 0.4) is 0 Å². The Morgan fingerprint density at radius 2 is 2.25 bits per heavy atom. The van der Waals surface area contributed by atoms with Crippen LogP contribution in [0.1, 0.15) is 24.8 Å². The zero-order valence-electron chi connectivity index (χ0n) is 13.7. The molecule has 1 aromatic rings. The monoisotopic (exact) mass is 335 g/mol. The molecule has 1 aromatic carbocycles. The van der Waals surface area contributed by atoms with Crippen molar-refractivity contribution >= 4 is 17.6 Å². The lowest BCUT2D eigenvalue weighted by atomic mass is 10.2. The molecule has 2 atom stereocenters. The molecule has 24 heavy (non-hydrogen) atoms. The summed E-state index contributed by atoms with van der Waals surface area (Å²) in [5.74, 6) is -0.471. The van der Waals surface area contributed by atoms with E-state index in [0.29, 0.717) is 30.8 Å². The van der Waals surface area contributed by atoms with Crippen molar-refractivity contribution in [1.82, 2.24) is 10.6 Å². The number of nitrogens with one attached hydrogen (secondary N) is 2. The van der Waals surface area contributed by atoms with Gasteiger partial charge in [0.25, 0.3) is 0 Å². The number of amides is 3. The predicted octanol–water partition coefficient (Wildman–Crippen LogP) is 1.72. The van der Waals surface area contributed by atoms with Crippen molar-refractivity contribution in [1.29, 1.82) is 0 Å². The van der Waals surface area contributed by atoms with Crippen LogP contribution >= 0.6 is 0 Å². The Kier molecular flexibility index (Phi) is 4.99. The Morgan fingerprint density at radius 1 is 1.42 bits per heavy atom. The normalized spacial score (nSPS) is 23.6. The van der Waals surface area contributed by atoms with E-state index in [4.69, 9.17) is 4.74 Å². The van der Waals surface area contributed by atoms with E-state index in [-0.39, 0.29) is 23.9 Å². The molecule has 0 aliphatic carbocycles. The Balaban J connectivity index is 1.53. The highest BCUT2D eigenvalue weighted by Crippen LogP contribution is 2.23. The van der Waals surface area contributed by atoms with Crippen molar-refractivity contribution in [2.75, 3.05) is 24.6 Å². The molecule has 0 bridgehead atoms. The van der Waals surface area contributed by atoms with Crippen LogP contribution in [0.4, 0.5) is 14.9 Å². The van der Waals surface area contributed by atoms with Crippen LogP contribution in [0.5, 0.6) is 0 Å². The van der Waals surface area contributed by atoms with Crippen LogP contribution < -0.4 is 15.5 Å². The molecule has 2 heterocycles. The van der Waals surface area contributed by atoms with Gasteiger partial charge in [0.1, 0.15) is 11.9 Å². The van der Waals surface area contributed by atoms with Crippen LogP contribution in [0, 0.1) is 12.7 Å². The van der Waals surface area contributed by atoms with E-state index in [1.54, 1.807) is 24.0 Å². The lowest BCUT2D eigenvalue weighted by Crippen LogP contribution is -2.47. The Labute approximate surface area is 140 Å². The summed E-state index contributed by atoms with van der Waals surface area (Å²) in [5, 5.41) is 5.46. The number of hydrogen-bond acceptors (Lipinski definition) is 3. The second-order valence-electron chi connectivity index (χ2n) is 6.25. The third-order valence-corrected chi connectivity index (χ3v) is 4.48. The fourth-order valence-corrected chi connectivity index (χ4v) is 3.09. The van der Waals surface area contributed by atoms with Gasteiger partial charge in [-0.3, -0.25) is 4.79 Å². The quantitative estimate of drug-likeness (QED) is 0.880. The SMILES string of the molecule is Cc1cc(N2CC[C@@H](NC(=O)NC[C@@H]3CCCO3)C2=O)ccc1F. The summed E-state index contributed by atoms with van der Waals surface area (Å²) in [5.41, 5.74) is 1.15. The highest BCUT2D eigenvalue weighted by molar-refractivity contribution is 6.01. The van der Waals surface area contributed by atoms with Crippen LogP contribution in [0.15, 0.2) is 18.2 Å². The van der Waals surface area contributed by atoms with E-state index in [9.17, 15) is 14.0 Å². The van der Waals surface area contributed by atoms with Crippen molar-refractivity contribution < 1.29 is 18.7 Å². The van der Waals surface area contributed by atoms with Gasteiger partial charge in [-0.25, -0.2) is 9.18 Å². The van der Waals surface area contributed by atoms with Gasteiger partial charge < -0.3 is 20.3 Å². The molecule has 7 heteroatoms. The van der Waals surface area contributed by atoms with Crippen molar-refractivity contribution in [3.05, 3.63) is 29.6 Å². The molecule has 3 rings (SSSR count). The minimum Gasteiger partial charge on any atom is -0.376 e. The van der Waals surface area contributed by atoms with Gasteiger partial charge in [-0.05, 0) is 49.9 Å². The van der Waals surface area contributed by atoms with Gasteiger partial charge in [-0.1, -0.05) is 0 Å². The number of nitrogens with zero attached hydrogens (tertiary/aromatic N) is 1. The summed E-state index contributed by atoms with van der Waals surface area (Å²) in [4.78, 5) is 26.0. The van der Waals surface area contributed by atoms with Crippen LogP contribution in [-0.4, -0.2) is 43.8 Å². The van der Waals surface area contributed by atoms with E-state index in [1.165, 1.54) is 6.07 Å². The molecule has 3 amide bonds. The maximum atomic E-state index is 13.4. The molecular weight excluding hydrogens is 313 g/mol. The summed E-state index contributed by atoms with van der Waals surface area (Å²) in [6, 6.07) is 3.67. The number of ether oxygens (including phenoxy) is 1. The maximum absolute atomic E-state index is 13.4. The van der Waals surface area contributed by atoms with Gasteiger partial charge in [0, 0.05) is 25.4 Å². The second-order valence-corrected chi connectivity index (χ2v) is 6.25. The van der Waals surface area contributed by atoms with Gasteiger partial charge in [0.05, 0.1) is 6.10 Å². The second kappa shape index (κ2) is 7.17. The van der Waals surface area contributed by atoms with Crippen molar-refractivity contribution in [3.63, 3.8) is 0 Å². The van der Waals surface area contributed by atoms with Gasteiger partial charge in [0.2, 0.25) is 5.91 Å². The van der Waals surface area contributed by atoms with Crippen molar-refractivity contribution in [2.45, 2.75) is 38.3 Å². The van der Waals surface area contributed by atoms with Gasteiger partial charge in [-0.15, -0.1) is 0 Å². The van der Waals surface area contributed by atoms with Gasteiger partial charge in [0.15, 0.2) is 0 Å². The first-order valence-corrected chi connectivity index (χ1v) is 8.28. The molecule has 2 aliphatic heterocycles. The van der Waals surface area contributed by atoms with E-state index in [2.05, 4.69) is 10.6 Å². The highest BCUT2D eigenvalue weighted by atomic mass is 19.1. The smallest absolute Gasteiger partial charge is 0.315 e. The number of rotatable bonds is 4. The minimum absolute atomic E-state index is 0.0636. The predicted molar refractivity (Wildman–Crippen MR) is 87.4 cm³/mol. The summed E-state index contributed by atoms with van der Waals surface area (Å²) in [6.45, 7) is 3.35. The number of hydrogen-bond donors (Lipinski definition) is 2. The molecule has 0 aromatic heterocycles. The number of carbonyl (C=O) groups excluding carboxylic acids is 2. The molecule has 0 unspecified atom stereocenters. The molecule has 2 saturated heterocycles. The van der Waals surface area contributed by atoms with E-state index < -0.39 is 6.04 Å². The molecule has 0 spiro atoms. The zero-order chi connectivity index (χ0) is 17.1. The summed E-state index contributed by atoms with van der Waals surface area (Å²) >= 11 is 0. The van der Waals surface area contributed by atoms with Crippen LogP contribution in [-0.2, 0) is 9.53 Å². The lowest BCUT2D eigenvalue weighted by molar-refractivity contribution is -0.118. The third kappa shape index (κ3) is 3.67. The van der Waals surface area contributed by atoms with Crippen molar-refractivity contribution in [3.8, 4) is 0 Å². The summed E-state index contributed by atoms with van der Waals surface area (Å²) in [7, 11) is 0. The number of benzene rings is 1. The fourth-order valence-electron chi connectivity index (χ4n) is 3.09. The average Bonchev–Trinajstić information content (AvgIpc) is 3.19. The van der Waals surface area contributed by atoms with Crippen LogP contribution in [0.25, 0.3) is 0 Å². The van der Waals surface area contributed by atoms with E-state index >= 15 is 0 Å². The number of carbonyl (C=O) groups is 2. The number of halogens is 1. The summed E-state index contributed by atoms with van der Waals surface area (Å²) < 4.78 is 18.8. The molecule has 2 aliphatic rings. The first-order valence-electron chi connectivity index (χ1n) is 8.28. The maximum Gasteiger partial charge on any atom is 0.315 e. The van der Waals surface area contributed by atoms with Crippen molar-refractivity contribution in [2.24, 2.45) is 0 Å². The topological polar surface area (TPSA) is 70.7 Å². The summed E-state index contributed by atoms with van der Waals surface area (Å²) in [6.07, 6.45) is 2.55. The first-order chi connectivity index (χ1) is 11.5. The van der Waals surface area contributed by atoms with Gasteiger partial charge in [-0.2, -0.15) is 0 Å². The van der Waals surface area contributed by atoms with E-state index in [1.807, 2.05) is 0 Å². The van der Waals surface area contributed by atoms with Gasteiger partial charge >= 0.3 is 6.03 Å². The molecule has 2 N–H and O–H groups in total. The number of aryl methyl sites for hydroxylation is 1.